The number of anilines is 2. The lowest BCUT2D eigenvalue weighted by Gasteiger charge is -2.31. The maximum atomic E-state index is 12.2. The van der Waals surface area contributed by atoms with Gasteiger partial charge in [-0.2, -0.15) is 0 Å². The third-order valence-electron chi connectivity index (χ3n) is 8.73. The van der Waals surface area contributed by atoms with Gasteiger partial charge in [0.05, 0.1) is 13.1 Å². The van der Waals surface area contributed by atoms with Crippen LogP contribution in [0.5, 0.6) is 0 Å². The monoisotopic (exact) mass is 618 g/mol. The molecule has 2 aliphatic heterocycles. The fraction of sp³-hybridized carbons (Fsp3) is 0.368. The molecule has 2 fully saturated rings. The van der Waals surface area contributed by atoms with Crippen LogP contribution >= 0.6 is 0 Å². The highest BCUT2D eigenvalue weighted by atomic mass is 16.2. The number of piperidine rings is 2. The summed E-state index contributed by atoms with van der Waals surface area (Å²) in [6.45, 7) is 8.76. The number of pyridine rings is 2. The number of benzene rings is 2. The minimum Gasteiger partial charge on any atom is -0.325 e. The molecule has 0 aliphatic carbocycles. The second-order valence-corrected chi connectivity index (χ2v) is 12.4. The van der Waals surface area contributed by atoms with Crippen LogP contribution in [0.4, 0.5) is 11.4 Å². The zero-order chi connectivity index (χ0) is 32.1. The normalized spacial score (nSPS) is 16.2. The summed E-state index contributed by atoms with van der Waals surface area (Å²) in [6, 6.07) is 28.0. The molecule has 240 valence electrons. The predicted octanol–water partition coefficient (Wildman–Crippen LogP) is 6.42. The van der Waals surface area contributed by atoms with Crippen LogP contribution in [0.25, 0.3) is 0 Å². The Hall–Kier alpha value is -4.40. The van der Waals surface area contributed by atoms with Crippen molar-refractivity contribution in [2.24, 2.45) is 0 Å². The zero-order valence-corrected chi connectivity index (χ0v) is 27.1. The number of likely N-dealkylation sites (tertiary alicyclic amines) is 2. The van der Waals surface area contributed by atoms with Gasteiger partial charge in [-0.3, -0.25) is 29.4 Å². The SMILES string of the molecule is Cc1cccc(NC(=O)CN2CCC(c3ccccn3)CC2)c1.Cc1cccc(NC(=O)CN2CCC(c3ccccn3)CC2)c1. The van der Waals surface area contributed by atoms with E-state index < -0.39 is 0 Å². The molecule has 4 heterocycles. The van der Waals surface area contributed by atoms with Gasteiger partial charge in [-0.15, -0.1) is 0 Å². The molecule has 2 N–H and O–H groups in total. The van der Waals surface area contributed by atoms with E-state index in [9.17, 15) is 9.59 Å². The van der Waals surface area contributed by atoms with Crippen LogP contribution in [0.1, 0.15) is 60.0 Å². The third-order valence-corrected chi connectivity index (χ3v) is 8.73. The highest BCUT2D eigenvalue weighted by Crippen LogP contribution is 2.27. The average molecular weight is 619 g/mol. The maximum Gasteiger partial charge on any atom is 0.238 e. The number of carbonyl (C=O) groups is 2. The third kappa shape index (κ3) is 10.3. The second kappa shape index (κ2) is 16.8. The first-order chi connectivity index (χ1) is 22.4. The summed E-state index contributed by atoms with van der Waals surface area (Å²) >= 11 is 0. The number of hydrogen-bond donors (Lipinski definition) is 2. The minimum atomic E-state index is 0.0619. The van der Waals surface area contributed by atoms with Gasteiger partial charge in [0.2, 0.25) is 11.8 Å². The minimum absolute atomic E-state index is 0.0619. The summed E-state index contributed by atoms with van der Waals surface area (Å²) in [7, 11) is 0. The smallest absolute Gasteiger partial charge is 0.238 e. The molecule has 0 atom stereocenters. The molecular formula is C38H46N6O2. The second-order valence-electron chi connectivity index (χ2n) is 12.4. The number of nitrogens with zero attached hydrogens (tertiary/aromatic N) is 4. The van der Waals surface area contributed by atoms with Gasteiger partial charge in [-0.05, 0) is 125 Å². The molecule has 6 rings (SSSR count). The first-order valence-electron chi connectivity index (χ1n) is 16.4. The molecule has 2 amide bonds. The molecule has 0 radical (unpaired) electrons. The first kappa shape index (κ1) is 33.0. The maximum absolute atomic E-state index is 12.2. The topological polar surface area (TPSA) is 90.5 Å². The lowest BCUT2D eigenvalue weighted by Crippen LogP contribution is -2.38. The van der Waals surface area contributed by atoms with Crippen molar-refractivity contribution in [1.29, 1.82) is 0 Å². The Morgan fingerprint density at radius 1 is 0.609 bits per heavy atom. The van der Waals surface area contributed by atoms with Gasteiger partial charge < -0.3 is 10.6 Å². The fourth-order valence-electron chi connectivity index (χ4n) is 6.26. The Labute approximate surface area is 273 Å². The molecule has 0 spiro atoms. The van der Waals surface area contributed by atoms with Gasteiger partial charge in [-0.25, -0.2) is 0 Å². The highest BCUT2D eigenvalue weighted by Gasteiger charge is 2.24. The molecule has 8 nitrogen and oxygen atoms in total. The molecular weight excluding hydrogens is 572 g/mol. The summed E-state index contributed by atoms with van der Waals surface area (Å²) in [5.41, 5.74) is 6.41. The number of aryl methyl sites for hydroxylation is 2. The predicted molar refractivity (Wildman–Crippen MR) is 185 cm³/mol. The van der Waals surface area contributed by atoms with E-state index in [1.807, 2.05) is 99.0 Å². The van der Waals surface area contributed by atoms with Crippen molar-refractivity contribution >= 4 is 23.2 Å². The number of nitrogens with one attached hydrogen (secondary N) is 2. The molecule has 0 bridgehead atoms. The molecule has 0 unspecified atom stereocenters. The summed E-state index contributed by atoms with van der Waals surface area (Å²) in [4.78, 5) is 37.7. The molecule has 46 heavy (non-hydrogen) atoms. The lowest BCUT2D eigenvalue weighted by molar-refractivity contribution is -0.118. The van der Waals surface area contributed by atoms with Crippen LogP contribution in [0, 0.1) is 13.8 Å². The number of carbonyl (C=O) groups excluding carboxylic acids is 2. The van der Waals surface area contributed by atoms with Gasteiger partial charge >= 0.3 is 0 Å². The van der Waals surface area contributed by atoms with Crippen molar-refractivity contribution in [1.82, 2.24) is 19.8 Å². The molecule has 4 aromatic rings. The molecule has 2 saturated heterocycles. The summed E-state index contributed by atoms with van der Waals surface area (Å²) < 4.78 is 0. The summed E-state index contributed by atoms with van der Waals surface area (Å²) in [6.07, 6.45) is 7.97. The van der Waals surface area contributed by atoms with Crippen LogP contribution in [-0.2, 0) is 9.59 Å². The van der Waals surface area contributed by atoms with E-state index in [1.54, 1.807) is 0 Å². The molecule has 0 saturated carbocycles. The van der Waals surface area contributed by atoms with Crippen LogP contribution in [0.2, 0.25) is 0 Å². The lowest BCUT2D eigenvalue weighted by atomic mass is 9.93. The molecule has 2 aromatic heterocycles. The van der Waals surface area contributed by atoms with Crippen molar-refractivity contribution in [3.05, 3.63) is 120 Å². The van der Waals surface area contributed by atoms with Crippen molar-refractivity contribution in [2.45, 2.75) is 51.4 Å². The van der Waals surface area contributed by atoms with E-state index in [0.717, 1.165) is 74.4 Å². The van der Waals surface area contributed by atoms with Crippen molar-refractivity contribution < 1.29 is 9.59 Å². The summed E-state index contributed by atoms with van der Waals surface area (Å²) in [5.74, 6) is 1.17. The Morgan fingerprint density at radius 3 is 1.37 bits per heavy atom. The number of rotatable bonds is 8. The van der Waals surface area contributed by atoms with E-state index in [0.29, 0.717) is 24.9 Å². The molecule has 8 heteroatoms. The Morgan fingerprint density at radius 2 is 1.02 bits per heavy atom. The highest BCUT2D eigenvalue weighted by molar-refractivity contribution is 5.92. The van der Waals surface area contributed by atoms with Crippen molar-refractivity contribution in [2.75, 3.05) is 49.9 Å². The Balaban J connectivity index is 0.000000181. The van der Waals surface area contributed by atoms with Gasteiger partial charge in [0.1, 0.15) is 0 Å². The standard InChI is InChI=1S/2C19H23N3O/c2*1-15-5-4-6-17(13-15)21-19(23)14-22-11-8-16(9-12-22)18-7-2-3-10-20-18/h2*2-7,10,13,16H,8-9,11-12,14H2,1H3,(H,21,23). The fourth-order valence-corrected chi connectivity index (χ4v) is 6.26. The molecule has 2 aromatic carbocycles. The number of hydrogen-bond acceptors (Lipinski definition) is 6. The van der Waals surface area contributed by atoms with Gasteiger partial charge in [0, 0.05) is 47.0 Å². The van der Waals surface area contributed by atoms with Crippen LogP contribution in [-0.4, -0.2) is 70.9 Å². The van der Waals surface area contributed by atoms with Crippen molar-refractivity contribution in [3.63, 3.8) is 0 Å². The van der Waals surface area contributed by atoms with E-state index in [2.05, 4.69) is 42.5 Å². The summed E-state index contributed by atoms with van der Waals surface area (Å²) in [5, 5.41) is 5.96. The average Bonchev–Trinajstić information content (AvgIpc) is 3.06. The molecule has 2 aliphatic rings. The van der Waals surface area contributed by atoms with Gasteiger partial charge in [0.25, 0.3) is 0 Å². The Kier molecular flexibility index (Phi) is 12.0. The van der Waals surface area contributed by atoms with E-state index in [-0.39, 0.29) is 11.8 Å². The number of amides is 2. The zero-order valence-electron chi connectivity index (χ0n) is 27.1. The van der Waals surface area contributed by atoms with Gasteiger partial charge in [-0.1, -0.05) is 36.4 Å². The Bertz CT molecular complexity index is 1410. The van der Waals surface area contributed by atoms with Gasteiger partial charge in [0.15, 0.2) is 0 Å². The van der Waals surface area contributed by atoms with Crippen LogP contribution < -0.4 is 10.6 Å². The van der Waals surface area contributed by atoms with E-state index >= 15 is 0 Å². The van der Waals surface area contributed by atoms with Crippen molar-refractivity contribution in [3.8, 4) is 0 Å². The van der Waals surface area contributed by atoms with Crippen LogP contribution in [0.15, 0.2) is 97.3 Å². The van der Waals surface area contributed by atoms with E-state index in [1.165, 1.54) is 11.4 Å². The first-order valence-corrected chi connectivity index (χ1v) is 16.4. The quantitative estimate of drug-likeness (QED) is 0.237. The largest absolute Gasteiger partial charge is 0.325 e. The van der Waals surface area contributed by atoms with Crippen LogP contribution in [0.3, 0.4) is 0 Å². The van der Waals surface area contributed by atoms with E-state index in [4.69, 9.17) is 0 Å². The number of aromatic nitrogens is 2.